The van der Waals surface area contributed by atoms with Crippen LogP contribution in [0.25, 0.3) is 0 Å². The van der Waals surface area contributed by atoms with Gasteiger partial charge in [-0.25, -0.2) is 0 Å². The third-order valence-electron chi connectivity index (χ3n) is 2.14. The van der Waals surface area contributed by atoms with Crippen molar-refractivity contribution in [1.29, 1.82) is 0 Å². The summed E-state index contributed by atoms with van der Waals surface area (Å²) in [5.41, 5.74) is 0.900. The molecule has 0 saturated carbocycles. The van der Waals surface area contributed by atoms with Crippen molar-refractivity contribution >= 4 is 5.97 Å². The molecule has 74 valence electrons. The minimum Gasteiger partial charge on any atom is -0.461 e. The summed E-state index contributed by atoms with van der Waals surface area (Å²) in [6.07, 6.45) is 5.62. The zero-order valence-electron chi connectivity index (χ0n) is 8.72. The maximum atomic E-state index is 11.4. The second kappa shape index (κ2) is 3.95. The fraction of sp³-hybridized carbons (Fsp3) is 0.727. The molecule has 0 fully saturated rings. The molecule has 0 radical (unpaired) electrons. The van der Waals surface area contributed by atoms with Gasteiger partial charge in [0.25, 0.3) is 0 Å². The van der Waals surface area contributed by atoms with Crippen LogP contribution in [0.4, 0.5) is 0 Å². The number of carbonyl (C=O) groups is 1. The molecule has 0 spiro atoms. The maximum Gasteiger partial charge on any atom is 0.311 e. The van der Waals surface area contributed by atoms with Crippen LogP contribution in [0, 0.1) is 5.41 Å². The Balaban J connectivity index is 2.30. The van der Waals surface area contributed by atoms with Crippen molar-refractivity contribution < 1.29 is 9.53 Å². The number of esters is 1. The van der Waals surface area contributed by atoms with Gasteiger partial charge in [-0.2, -0.15) is 0 Å². The van der Waals surface area contributed by atoms with E-state index in [9.17, 15) is 4.79 Å². The maximum absolute atomic E-state index is 11.4. The van der Waals surface area contributed by atoms with Gasteiger partial charge in [-0.05, 0) is 45.6 Å². The molecule has 1 aliphatic rings. The highest BCUT2D eigenvalue weighted by Gasteiger charge is 2.23. The van der Waals surface area contributed by atoms with E-state index >= 15 is 0 Å². The van der Waals surface area contributed by atoms with E-state index in [1.807, 2.05) is 20.8 Å². The third kappa shape index (κ3) is 3.21. The lowest BCUT2D eigenvalue weighted by atomic mass is 9.97. The average Bonchev–Trinajstić information content (AvgIpc) is 2.50. The Bertz CT molecular complexity index is 221. The van der Waals surface area contributed by atoms with Crippen LogP contribution in [0.1, 0.15) is 40.0 Å². The van der Waals surface area contributed by atoms with E-state index < -0.39 is 0 Å². The molecule has 2 nitrogen and oxygen atoms in total. The molecular weight excluding hydrogens is 164 g/mol. The highest BCUT2D eigenvalue weighted by molar-refractivity contribution is 5.75. The first-order valence-electron chi connectivity index (χ1n) is 4.85. The topological polar surface area (TPSA) is 26.3 Å². The van der Waals surface area contributed by atoms with E-state index in [1.165, 1.54) is 12.0 Å². The Labute approximate surface area is 80.0 Å². The normalized spacial score (nSPS) is 17.0. The molecule has 0 aliphatic heterocycles. The van der Waals surface area contributed by atoms with Crippen LogP contribution >= 0.6 is 0 Å². The summed E-state index contributed by atoms with van der Waals surface area (Å²) in [5.74, 6) is -0.111. The first-order valence-corrected chi connectivity index (χ1v) is 4.85. The fourth-order valence-corrected chi connectivity index (χ4v) is 1.24. The highest BCUT2D eigenvalue weighted by atomic mass is 16.5. The quantitative estimate of drug-likeness (QED) is 0.485. The number of rotatable bonds is 2. The minimum atomic E-state index is -0.376. The number of hydrogen-bond donors (Lipinski definition) is 0. The van der Waals surface area contributed by atoms with Gasteiger partial charge in [0, 0.05) is 0 Å². The Morgan fingerprint density at radius 2 is 2.23 bits per heavy atom. The SMILES string of the molecule is CC(C)(C)C(=O)OCC1=CCCC1. The molecule has 0 atom stereocenters. The smallest absolute Gasteiger partial charge is 0.311 e. The zero-order chi connectivity index (χ0) is 9.90. The van der Waals surface area contributed by atoms with Crippen LogP contribution in [0.15, 0.2) is 11.6 Å². The van der Waals surface area contributed by atoms with Crippen molar-refractivity contribution in [3.8, 4) is 0 Å². The second-order valence-corrected chi connectivity index (χ2v) is 4.58. The number of hydrogen-bond acceptors (Lipinski definition) is 2. The minimum absolute atomic E-state index is 0.111. The molecule has 0 aromatic rings. The first kappa shape index (κ1) is 10.3. The Morgan fingerprint density at radius 3 is 2.69 bits per heavy atom. The Morgan fingerprint density at radius 1 is 1.54 bits per heavy atom. The Kier molecular flexibility index (Phi) is 3.12. The predicted molar refractivity (Wildman–Crippen MR) is 52.3 cm³/mol. The summed E-state index contributed by atoms with van der Waals surface area (Å²) in [6, 6.07) is 0. The molecule has 0 bridgehead atoms. The molecule has 1 rings (SSSR count). The largest absolute Gasteiger partial charge is 0.461 e. The van der Waals surface area contributed by atoms with E-state index in [1.54, 1.807) is 0 Å². The van der Waals surface area contributed by atoms with Crippen molar-refractivity contribution in [3.63, 3.8) is 0 Å². The summed E-state index contributed by atoms with van der Waals surface area (Å²) in [6.45, 7) is 6.12. The summed E-state index contributed by atoms with van der Waals surface area (Å²) in [7, 11) is 0. The summed E-state index contributed by atoms with van der Waals surface area (Å²) >= 11 is 0. The molecule has 0 saturated heterocycles. The zero-order valence-corrected chi connectivity index (χ0v) is 8.72. The molecule has 13 heavy (non-hydrogen) atoms. The van der Waals surface area contributed by atoms with Crippen LogP contribution in [-0.2, 0) is 9.53 Å². The van der Waals surface area contributed by atoms with Gasteiger partial charge >= 0.3 is 5.97 Å². The van der Waals surface area contributed by atoms with E-state index in [0.717, 1.165) is 12.8 Å². The molecule has 0 aromatic carbocycles. The van der Waals surface area contributed by atoms with Gasteiger partial charge in [0.2, 0.25) is 0 Å². The third-order valence-corrected chi connectivity index (χ3v) is 2.14. The van der Waals surface area contributed by atoms with E-state index in [-0.39, 0.29) is 11.4 Å². The van der Waals surface area contributed by atoms with Gasteiger partial charge in [0.15, 0.2) is 0 Å². The molecule has 0 amide bonds. The fourth-order valence-electron chi connectivity index (χ4n) is 1.24. The van der Waals surface area contributed by atoms with Crippen molar-refractivity contribution in [3.05, 3.63) is 11.6 Å². The Hall–Kier alpha value is -0.790. The molecular formula is C11H18O2. The molecule has 1 aliphatic carbocycles. The van der Waals surface area contributed by atoms with Crippen LogP contribution < -0.4 is 0 Å². The van der Waals surface area contributed by atoms with Crippen LogP contribution in [0.2, 0.25) is 0 Å². The summed E-state index contributed by atoms with van der Waals surface area (Å²) < 4.78 is 5.18. The molecule has 2 heteroatoms. The van der Waals surface area contributed by atoms with E-state index in [2.05, 4.69) is 6.08 Å². The predicted octanol–water partition coefficient (Wildman–Crippen LogP) is 2.69. The van der Waals surface area contributed by atoms with Gasteiger partial charge < -0.3 is 4.74 Å². The molecule has 0 N–H and O–H groups in total. The van der Waals surface area contributed by atoms with Gasteiger partial charge in [-0.1, -0.05) is 6.08 Å². The molecule has 0 aromatic heterocycles. The van der Waals surface area contributed by atoms with E-state index in [4.69, 9.17) is 4.74 Å². The molecule has 0 heterocycles. The number of carbonyl (C=O) groups excluding carboxylic acids is 1. The van der Waals surface area contributed by atoms with Crippen molar-refractivity contribution in [2.24, 2.45) is 5.41 Å². The lowest BCUT2D eigenvalue weighted by molar-refractivity contribution is -0.151. The van der Waals surface area contributed by atoms with Crippen molar-refractivity contribution in [2.45, 2.75) is 40.0 Å². The number of allylic oxidation sites excluding steroid dienone is 1. The van der Waals surface area contributed by atoms with Crippen LogP contribution in [-0.4, -0.2) is 12.6 Å². The first-order chi connectivity index (χ1) is 6.00. The number of ether oxygens (including phenoxy) is 1. The molecule has 0 unspecified atom stereocenters. The van der Waals surface area contributed by atoms with Crippen LogP contribution in [0.5, 0.6) is 0 Å². The van der Waals surface area contributed by atoms with Gasteiger partial charge in [-0.3, -0.25) is 4.79 Å². The van der Waals surface area contributed by atoms with Crippen LogP contribution in [0.3, 0.4) is 0 Å². The lowest BCUT2D eigenvalue weighted by Gasteiger charge is -2.16. The lowest BCUT2D eigenvalue weighted by Crippen LogP contribution is -2.23. The van der Waals surface area contributed by atoms with Crippen molar-refractivity contribution in [1.82, 2.24) is 0 Å². The van der Waals surface area contributed by atoms with Crippen molar-refractivity contribution in [2.75, 3.05) is 6.61 Å². The van der Waals surface area contributed by atoms with Gasteiger partial charge in [0.1, 0.15) is 6.61 Å². The second-order valence-electron chi connectivity index (χ2n) is 4.58. The van der Waals surface area contributed by atoms with E-state index in [0.29, 0.717) is 6.61 Å². The van der Waals surface area contributed by atoms with Gasteiger partial charge in [0.05, 0.1) is 5.41 Å². The average molecular weight is 182 g/mol. The highest BCUT2D eigenvalue weighted by Crippen LogP contribution is 2.20. The monoisotopic (exact) mass is 182 g/mol. The summed E-state index contributed by atoms with van der Waals surface area (Å²) in [4.78, 5) is 11.4. The van der Waals surface area contributed by atoms with Gasteiger partial charge in [-0.15, -0.1) is 0 Å². The standard InChI is InChI=1S/C11H18O2/c1-11(2,3)10(12)13-8-9-6-4-5-7-9/h6H,4-5,7-8H2,1-3H3. The summed E-state index contributed by atoms with van der Waals surface area (Å²) in [5, 5.41) is 0.